The molecule has 2 amide bonds. The number of para-hydroxylation sites is 2. The van der Waals surface area contributed by atoms with E-state index in [1.165, 1.54) is 28.1 Å². The van der Waals surface area contributed by atoms with Crippen molar-refractivity contribution in [1.29, 1.82) is 0 Å². The molecule has 0 aromatic heterocycles. The second-order valence-electron chi connectivity index (χ2n) is 7.06. The Morgan fingerprint density at radius 3 is 2.23 bits per heavy atom. The van der Waals surface area contributed by atoms with Gasteiger partial charge in [0.2, 0.25) is 5.91 Å². The Bertz CT molecular complexity index is 1040. The highest BCUT2D eigenvalue weighted by Crippen LogP contribution is 2.47. The average Bonchev–Trinajstić information content (AvgIpc) is 2.75. The summed E-state index contributed by atoms with van der Waals surface area (Å²) in [5.74, 6) is -0.301. The van der Waals surface area contributed by atoms with Gasteiger partial charge in [0.15, 0.2) is 0 Å². The number of hydrogen-bond donors (Lipinski definition) is 2. The van der Waals surface area contributed by atoms with Crippen LogP contribution in [0, 0.1) is 0 Å². The highest BCUT2D eigenvalue weighted by molar-refractivity contribution is 7.99. The molecule has 30 heavy (non-hydrogen) atoms. The lowest BCUT2D eigenvalue weighted by Crippen LogP contribution is -2.29. The van der Waals surface area contributed by atoms with Gasteiger partial charge in [-0.2, -0.15) is 0 Å². The van der Waals surface area contributed by atoms with Crippen LogP contribution in [0.25, 0.3) is 0 Å². The first-order valence-electron chi connectivity index (χ1n) is 9.91. The van der Waals surface area contributed by atoms with Gasteiger partial charge in [-0.05, 0) is 48.9 Å². The zero-order chi connectivity index (χ0) is 20.9. The molecule has 3 aromatic carbocycles. The Hall–Kier alpha value is -3.25. The van der Waals surface area contributed by atoms with Crippen LogP contribution in [0.4, 0.5) is 17.1 Å². The highest BCUT2D eigenvalue weighted by Gasteiger charge is 2.22. The number of carbonyl (C=O) groups excluding carboxylic acids is 2. The van der Waals surface area contributed by atoms with E-state index in [1.807, 2.05) is 0 Å². The molecule has 1 aliphatic rings. The van der Waals surface area contributed by atoms with Gasteiger partial charge in [-0.3, -0.25) is 9.59 Å². The summed E-state index contributed by atoms with van der Waals surface area (Å²) in [5.41, 5.74) is 3.56. The topological polar surface area (TPSA) is 61.4 Å². The van der Waals surface area contributed by atoms with E-state index in [0.29, 0.717) is 17.8 Å². The van der Waals surface area contributed by atoms with E-state index in [4.69, 9.17) is 0 Å². The zero-order valence-electron chi connectivity index (χ0n) is 16.7. The number of nitrogens with one attached hydrogen (secondary N) is 2. The summed E-state index contributed by atoms with van der Waals surface area (Å²) in [7, 11) is 0. The molecule has 0 fully saturated rings. The van der Waals surface area contributed by atoms with Crippen molar-refractivity contribution >= 4 is 40.6 Å². The minimum absolute atomic E-state index is 0.141. The number of hydrogen-bond acceptors (Lipinski definition) is 4. The van der Waals surface area contributed by atoms with E-state index in [0.717, 1.165) is 13.0 Å². The molecule has 0 aliphatic carbocycles. The first kappa shape index (κ1) is 20.0. The molecular weight excluding hydrogens is 394 g/mol. The Balaban J connectivity index is 1.38. The van der Waals surface area contributed by atoms with E-state index in [1.54, 1.807) is 36.0 Å². The minimum atomic E-state index is -0.159. The van der Waals surface area contributed by atoms with Crippen molar-refractivity contribution in [3.63, 3.8) is 0 Å². The van der Waals surface area contributed by atoms with Crippen LogP contribution in [-0.2, 0) is 4.79 Å². The van der Waals surface area contributed by atoms with Crippen molar-refractivity contribution in [1.82, 2.24) is 5.32 Å². The average molecular weight is 418 g/mol. The van der Waals surface area contributed by atoms with Crippen molar-refractivity contribution in [3.05, 3.63) is 78.4 Å². The number of anilines is 3. The molecule has 0 spiro atoms. The Morgan fingerprint density at radius 2 is 1.57 bits per heavy atom. The molecule has 0 saturated heterocycles. The second-order valence-corrected chi connectivity index (χ2v) is 8.14. The maximum atomic E-state index is 12.5. The van der Waals surface area contributed by atoms with Gasteiger partial charge in [-0.25, -0.2) is 0 Å². The van der Waals surface area contributed by atoms with Gasteiger partial charge in [0, 0.05) is 41.1 Å². The second kappa shape index (κ2) is 9.05. The molecule has 0 bridgehead atoms. The molecule has 0 radical (unpaired) electrons. The molecule has 1 heterocycles. The highest BCUT2D eigenvalue weighted by atomic mass is 32.2. The number of fused-ring (bicyclic) bond motifs is 2. The van der Waals surface area contributed by atoms with Gasteiger partial charge in [-0.15, -0.1) is 0 Å². The van der Waals surface area contributed by atoms with Crippen molar-refractivity contribution in [2.24, 2.45) is 0 Å². The fraction of sp³-hybridized carbons (Fsp3) is 0.167. The molecular formula is C24H23N3O2S. The van der Waals surface area contributed by atoms with Crippen LogP contribution in [0.15, 0.2) is 82.6 Å². The third-order valence-corrected chi connectivity index (χ3v) is 5.95. The zero-order valence-corrected chi connectivity index (χ0v) is 17.5. The first-order chi connectivity index (χ1) is 14.6. The molecule has 0 unspecified atom stereocenters. The molecule has 5 nitrogen and oxygen atoms in total. The largest absolute Gasteiger partial charge is 0.352 e. The summed E-state index contributed by atoms with van der Waals surface area (Å²) in [4.78, 5) is 28.5. The summed E-state index contributed by atoms with van der Waals surface area (Å²) in [6.07, 6.45) is 0.810. The summed E-state index contributed by atoms with van der Waals surface area (Å²) < 4.78 is 0. The van der Waals surface area contributed by atoms with Crippen molar-refractivity contribution in [2.45, 2.75) is 23.1 Å². The van der Waals surface area contributed by atoms with E-state index in [-0.39, 0.29) is 11.8 Å². The first-order valence-corrected chi connectivity index (χ1v) is 10.7. The van der Waals surface area contributed by atoms with Crippen LogP contribution < -0.4 is 15.5 Å². The Labute approximate surface area is 180 Å². The van der Waals surface area contributed by atoms with E-state index < -0.39 is 0 Å². The van der Waals surface area contributed by atoms with Crippen LogP contribution in [0.2, 0.25) is 0 Å². The normalized spacial score (nSPS) is 12.0. The molecule has 1 aliphatic heterocycles. The number of rotatable bonds is 6. The summed E-state index contributed by atoms with van der Waals surface area (Å²) >= 11 is 1.79. The third kappa shape index (κ3) is 4.49. The van der Waals surface area contributed by atoms with Crippen LogP contribution >= 0.6 is 11.8 Å². The Kier molecular flexibility index (Phi) is 6.05. The third-order valence-electron chi connectivity index (χ3n) is 4.82. The minimum Gasteiger partial charge on any atom is -0.352 e. The number of benzene rings is 3. The molecule has 3 aromatic rings. The fourth-order valence-corrected chi connectivity index (χ4v) is 4.60. The van der Waals surface area contributed by atoms with Crippen molar-refractivity contribution in [2.75, 3.05) is 23.3 Å². The van der Waals surface area contributed by atoms with Crippen LogP contribution in [-0.4, -0.2) is 24.9 Å². The van der Waals surface area contributed by atoms with Gasteiger partial charge in [-0.1, -0.05) is 42.1 Å². The standard InChI is InChI=1S/C24H23N3O2S/c1-17(28)26-19-9-6-8-18(16-19)24(29)25-14-7-15-27-20-10-2-4-12-22(20)30-23-13-5-3-11-21(23)27/h2-6,8-13,16H,7,14-15H2,1H3,(H,25,29)(H,26,28). The number of nitrogens with zero attached hydrogens (tertiary/aromatic N) is 1. The summed E-state index contributed by atoms with van der Waals surface area (Å²) in [5, 5.41) is 5.69. The SMILES string of the molecule is CC(=O)Nc1cccc(C(=O)NCCCN2c3ccccc3Sc3ccccc32)c1. The molecule has 4 rings (SSSR count). The van der Waals surface area contributed by atoms with Crippen molar-refractivity contribution in [3.8, 4) is 0 Å². The fourth-order valence-electron chi connectivity index (χ4n) is 3.50. The quantitative estimate of drug-likeness (QED) is 0.550. The predicted octanol–water partition coefficient (Wildman–Crippen LogP) is 5.07. The van der Waals surface area contributed by atoms with Gasteiger partial charge < -0.3 is 15.5 Å². The maximum absolute atomic E-state index is 12.5. The van der Waals surface area contributed by atoms with Crippen LogP contribution in [0.3, 0.4) is 0 Å². The number of carbonyl (C=O) groups is 2. The molecule has 0 saturated carbocycles. The lowest BCUT2D eigenvalue weighted by molar-refractivity contribution is -0.114. The van der Waals surface area contributed by atoms with Crippen molar-refractivity contribution < 1.29 is 9.59 Å². The molecule has 0 atom stereocenters. The van der Waals surface area contributed by atoms with Crippen LogP contribution in [0.5, 0.6) is 0 Å². The van der Waals surface area contributed by atoms with E-state index in [9.17, 15) is 9.59 Å². The van der Waals surface area contributed by atoms with Gasteiger partial charge in [0.1, 0.15) is 0 Å². The lowest BCUT2D eigenvalue weighted by Gasteiger charge is -2.32. The summed E-state index contributed by atoms with van der Waals surface area (Å²) in [6, 6.07) is 23.8. The molecule has 2 N–H and O–H groups in total. The van der Waals surface area contributed by atoms with Crippen LogP contribution in [0.1, 0.15) is 23.7 Å². The molecule has 6 heteroatoms. The van der Waals surface area contributed by atoms with Gasteiger partial charge in [0.25, 0.3) is 5.91 Å². The lowest BCUT2D eigenvalue weighted by atomic mass is 10.2. The van der Waals surface area contributed by atoms with E-state index in [2.05, 4.69) is 64.1 Å². The molecule has 152 valence electrons. The van der Waals surface area contributed by atoms with Gasteiger partial charge >= 0.3 is 0 Å². The number of amides is 2. The van der Waals surface area contributed by atoms with E-state index >= 15 is 0 Å². The van der Waals surface area contributed by atoms with Gasteiger partial charge in [0.05, 0.1) is 11.4 Å². The summed E-state index contributed by atoms with van der Waals surface area (Å²) in [6.45, 7) is 2.82. The predicted molar refractivity (Wildman–Crippen MR) is 122 cm³/mol. The maximum Gasteiger partial charge on any atom is 0.251 e. The monoisotopic (exact) mass is 417 g/mol. The Morgan fingerprint density at radius 1 is 0.900 bits per heavy atom. The smallest absolute Gasteiger partial charge is 0.251 e.